The highest BCUT2D eigenvalue weighted by Gasteiger charge is 2.38. The molecule has 0 saturated heterocycles. The van der Waals surface area contributed by atoms with Gasteiger partial charge in [-0.1, -0.05) is 29.8 Å². The van der Waals surface area contributed by atoms with Crippen LogP contribution >= 0.6 is 11.6 Å². The zero-order valence-corrected chi connectivity index (χ0v) is 19.3. The molecule has 0 aliphatic heterocycles. The minimum absolute atomic E-state index is 0.0245. The lowest BCUT2D eigenvalue weighted by atomic mass is 9.79. The topological polar surface area (TPSA) is 91.0 Å². The first kappa shape index (κ1) is 22.8. The first-order valence-electron chi connectivity index (χ1n) is 11.1. The van der Waals surface area contributed by atoms with E-state index >= 15 is 0 Å². The first-order valence-corrected chi connectivity index (χ1v) is 11.5. The second-order valence-corrected chi connectivity index (χ2v) is 8.84. The van der Waals surface area contributed by atoms with E-state index in [1.165, 1.54) is 6.92 Å². The number of benzene rings is 2. The van der Waals surface area contributed by atoms with Gasteiger partial charge in [-0.05, 0) is 49.6 Å². The van der Waals surface area contributed by atoms with Gasteiger partial charge in [-0.25, -0.2) is 4.98 Å². The molecule has 2 amide bonds. The van der Waals surface area contributed by atoms with Crippen LogP contribution in [0.4, 0.5) is 5.69 Å². The van der Waals surface area contributed by atoms with Gasteiger partial charge < -0.3 is 14.8 Å². The van der Waals surface area contributed by atoms with Gasteiger partial charge in [0.2, 0.25) is 11.8 Å². The molecular weight excluding hydrogens is 438 g/mol. The van der Waals surface area contributed by atoms with Crippen LogP contribution in [0.1, 0.15) is 38.4 Å². The largest absolute Gasteiger partial charge is 0.354 e. The Kier molecular flexibility index (Phi) is 6.95. The van der Waals surface area contributed by atoms with Gasteiger partial charge in [0.15, 0.2) is 0 Å². The summed E-state index contributed by atoms with van der Waals surface area (Å²) in [6.45, 7) is 2.43. The highest BCUT2D eigenvalue weighted by Crippen LogP contribution is 2.32. The number of anilines is 1. The van der Waals surface area contributed by atoms with E-state index in [9.17, 15) is 9.59 Å². The number of hydrogen-bond donors (Lipinski definition) is 1. The molecule has 33 heavy (non-hydrogen) atoms. The van der Waals surface area contributed by atoms with Crippen molar-refractivity contribution >= 4 is 40.1 Å². The average Bonchev–Trinajstić information content (AvgIpc) is 3.10. The maximum absolute atomic E-state index is 13.5. The van der Waals surface area contributed by atoms with Gasteiger partial charge in [0, 0.05) is 42.6 Å². The molecule has 8 heteroatoms. The van der Waals surface area contributed by atoms with Crippen molar-refractivity contribution in [2.45, 2.75) is 51.7 Å². The summed E-state index contributed by atoms with van der Waals surface area (Å²) in [5.41, 5.74) is 2.51. The molecule has 0 atom stereocenters. The van der Waals surface area contributed by atoms with E-state index in [4.69, 9.17) is 21.8 Å². The zero-order valence-electron chi connectivity index (χ0n) is 18.5. The van der Waals surface area contributed by atoms with Crippen LogP contribution in [-0.2, 0) is 22.7 Å². The maximum Gasteiger partial charge on any atom is 0.230 e. The molecule has 1 aliphatic rings. The summed E-state index contributed by atoms with van der Waals surface area (Å²) in [4.78, 5) is 31.4. The van der Waals surface area contributed by atoms with Gasteiger partial charge >= 0.3 is 0 Å². The maximum atomic E-state index is 13.5. The predicted molar refractivity (Wildman–Crippen MR) is 128 cm³/mol. The Balaban J connectivity index is 1.64. The average molecular weight is 464 g/mol. The molecule has 1 aliphatic carbocycles. The Morgan fingerprint density at radius 2 is 2.00 bits per heavy atom. The lowest BCUT2D eigenvalue weighted by Crippen LogP contribution is -2.50. The summed E-state index contributed by atoms with van der Waals surface area (Å²) >= 11 is 6.19. The Hall–Kier alpha value is -3.37. The quantitative estimate of drug-likeness (QED) is 0.500. The Labute approximate surface area is 198 Å². The Morgan fingerprint density at radius 1 is 1.24 bits per heavy atom. The number of fused-ring (bicyclic) bond motifs is 1. The molecule has 1 N–H and O–H groups in total. The van der Waals surface area contributed by atoms with Crippen LogP contribution in [-0.4, -0.2) is 27.4 Å². The van der Waals surface area contributed by atoms with Crippen molar-refractivity contribution in [2.75, 3.05) is 4.90 Å². The third-order valence-corrected chi connectivity index (χ3v) is 6.22. The van der Waals surface area contributed by atoms with E-state index in [-0.39, 0.29) is 23.8 Å². The Morgan fingerprint density at radius 3 is 2.70 bits per heavy atom. The van der Waals surface area contributed by atoms with Crippen molar-refractivity contribution in [3.05, 3.63) is 59.4 Å². The summed E-state index contributed by atoms with van der Waals surface area (Å²) in [5.74, 6) is 0.556. The smallest absolute Gasteiger partial charge is 0.230 e. The van der Waals surface area contributed by atoms with Gasteiger partial charge in [0.1, 0.15) is 5.82 Å². The van der Waals surface area contributed by atoms with Crippen LogP contribution in [0.25, 0.3) is 11.0 Å². The number of nitrogens with zero attached hydrogens (tertiary/aromatic N) is 4. The fraction of sp³-hybridized carbons (Fsp3) is 0.360. The molecule has 0 bridgehead atoms. The van der Waals surface area contributed by atoms with Crippen LogP contribution in [0.3, 0.4) is 0 Å². The summed E-state index contributed by atoms with van der Waals surface area (Å²) < 4.78 is 2.08. The van der Waals surface area contributed by atoms with Gasteiger partial charge in [0.25, 0.3) is 0 Å². The number of carbonyl (C=O) groups is 2. The molecule has 3 aromatic rings. The Bertz CT molecular complexity index is 1190. The van der Waals surface area contributed by atoms with Gasteiger partial charge in [-0.3, -0.25) is 9.59 Å². The number of halogens is 1. The minimum atomic E-state index is -0.145. The van der Waals surface area contributed by atoms with Crippen molar-refractivity contribution in [2.24, 2.45) is 5.92 Å². The number of imidazole rings is 1. The third-order valence-electron chi connectivity index (χ3n) is 5.99. The van der Waals surface area contributed by atoms with Gasteiger partial charge in [-0.2, -0.15) is 5.26 Å². The standard InChI is InChI=1S/C25H26ClN5O2/c1-17(32)28-20-13-18(14-20)25(33)31(21-7-3-2-4-8-21)16-24-29-22-15-19(26)9-10-23(22)30(24)12-6-5-11-27/h2-4,7-10,15,18,20H,5-6,12-14,16H2,1H3,(H,28,32)/t18-,20-. The number of para-hydroxylation sites is 1. The van der Waals surface area contributed by atoms with Crippen LogP contribution < -0.4 is 10.2 Å². The number of aromatic nitrogens is 2. The van der Waals surface area contributed by atoms with E-state index in [0.29, 0.717) is 43.8 Å². The van der Waals surface area contributed by atoms with Crippen LogP contribution in [0.2, 0.25) is 5.02 Å². The third kappa shape index (κ3) is 5.18. The monoisotopic (exact) mass is 463 g/mol. The van der Waals surface area contributed by atoms with Crippen molar-refractivity contribution in [1.82, 2.24) is 14.9 Å². The van der Waals surface area contributed by atoms with E-state index in [1.54, 1.807) is 4.90 Å². The molecule has 4 rings (SSSR count). The lowest BCUT2D eigenvalue weighted by Gasteiger charge is -2.37. The molecule has 2 aromatic carbocycles. The molecule has 0 unspecified atom stereocenters. The number of unbranched alkanes of at least 4 members (excludes halogenated alkanes) is 1. The summed E-state index contributed by atoms with van der Waals surface area (Å²) in [7, 11) is 0. The fourth-order valence-corrected chi connectivity index (χ4v) is 4.50. The van der Waals surface area contributed by atoms with E-state index in [0.717, 1.165) is 22.5 Å². The number of aryl methyl sites for hydroxylation is 1. The van der Waals surface area contributed by atoms with E-state index in [2.05, 4.69) is 16.0 Å². The number of carbonyl (C=O) groups excluding carboxylic acids is 2. The highest BCUT2D eigenvalue weighted by molar-refractivity contribution is 6.31. The number of nitrogens with one attached hydrogen (secondary N) is 1. The predicted octanol–water partition coefficient (Wildman–Crippen LogP) is 4.44. The molecule has 1 heterocycles. The van der Waals surface area contributed by atoms with E-state index < -0.39 is 0 Å². The zero-order chi connectivity index (χ0) is 23.4. The highest BCUT2D eigenvalue weighted by atomic mass is 35.5. The number of hydrogen-bond acceptors (Lipinski definition) is 4. The lowest BCUT2D eigenvalue weighted by molar-refractivity contribution is -0.128. The molecule has 1 saturated carbocycles. The number of nitriles is 1. The molecule has 170 valence electrons. The fourth-order valence-electron chi connectivity index (χ4n) is 4.33. The van der Waals surface area contributed by atoms with Crippen LogP contribution in [0, 0.1) is 17.2 Å². The van der Waals surface area contributed by atoms with Crippen molar-refractivity contribution in [1.29, 1.82) is 5.26 Å². The summed E-state index contributed by atoms with van der Waals surface area (Å²) in [6, 6.07) is 17.4. The van der Waals surface area contributed by atoms with Crippen LogP contribution in [0.15, 0.2) is 48.5 Å². The first-order chi connectivity index (χ1) is 16.0. The summed E-state index contributed by atoms with van der Waals surface area (Å²) in [6.07, 6.45) is 2.41. The molecule has 1 aromatic heterocycles. The minimum Gasteiger partial charge on any atom is -0.354 e. The van der Waals surface area contributed by atoms with Crippen molar-refractivity contribution in [3.8, 4) is 6.07 Å². The molecule has 1 fully saturated rings. The summed E-state index contributed by atoms with van der Waals surface area (Å²) in [5, 5.41) is 12.5. The van der Waals surface area contributed by atoms with E-state index in [1.807, 2.05) is 48.5 Å². The number of amides is 2. The second kappa shape index (κ2) is 10.1. The SMILES string of the molecule is CC(=O)N[C@H]1C[C@H](C(=O)N(Cc2nc3cc(Cl)ccc3n2CCCC#N)c2ccccc2)C1. The van der Waals surface area contributed by atoms with Crippen LogP contribution in [0.5, 0.6) is 0 Å². The molecular formula is C25H26ClN5O2. The second-order valence-electron chi connectivity index (χ2n) is 8.40. The van der Waals surface area contributed by atoms with Gasteiger partial charge in [0.05, 0.1) is 23.6 Å². The molecule has 0 spiro atoms. The van der Waals surface area contributed by atoms with Crippen molar-refractivity contribution in [3.63, 3.8) is 0 Å². The molecule has 7 nitrogen and oxygen atoms in total. The normalized spacial score (nSPS) is 17.2. The number of rotatable bonds is 8. The molecule has 0 radical (unpaired) electrons. The van der Waals surface area contributed by atoms with Crippen molar-refractivity contribution < 1.29 is 9.59 Å². The van der Waals surface area contributed by atoms with Gasteiger partial charge in [-0.15, -0.1) is 0 Å².